The molecule has 3 rings (SSSR count). The monoisotopic (exact) mass is 381 g/mol. The molecule has 26 heavy (non-hydrogen) atoms. The number of esters is 1. The van der Waals surface area contributed by atoms with Gasteiger partial charge in [0.25, 0.3) is 5.91 Å². The fourth-order valence-corrected chi connectivity index (χ4v) is 4.53. The van der Waals surface area contributed by atoms with Gasteiger partial charge in [-0.1, -0.05) is 0 Å². The van der Waals surface area contributed by atoms with Crippen LogP contribution >= 0.6 is 0 Å². The number of carbonyl (C=O) groups excluding carboxylic acids is 2. The Hall–Kier alpha value is -2.55. The van der Waals surface area contributed by atoms with Gasteiger partial charge in [-0.05, 0) is 18.6 Å². The molecule has 140 valence electrons. The molecule has 1 aliphatic heterocycles. The Kier molecular flexibility index (Phi) is 5.17. The van der Waals surface area contributed by atoms with Crippen molar-refractivity contribution < 1.29 is 31.9 Å². The largest absolute Gasteiger partial charge is 0.497 e. The first-order valence-electron chi connectivity index (χ1n) is 8.06. The molecule has 1 N–H and O–H groups in total. The Bertz CT molecular complexity index is 932. The summed E-state index contributed by atoms with van der Waals surface area (Å²) in [7, 11) is -1.52. The van der Waals surface area contributed by atoms with Gasteiger partial charge in [0.1, 0.15) is 11.3 Å². The average molecular weight is 381 g/mol. The summed E-state index contributed by atoms with van der Waals surface area (Å²) in [5.74, 6) is -0.445. The molecule has 1 unspecified atom stereocenters. The zero-order valence-corrected chi connectivity index (χ0v) is 15.0. The van der Waals surface area contributed by atoms with Crippen molar-refractivity contribution >= 4 is 32.7 Å². The lowest BCUT2D eigenvalue weighted by Crippen LogP contribution is -2.38. The van der Waals surface area contributed by atoms with Crippen LogP contribution in [0, 0.1) is 0 Å². The maximum absolute atomic E-state index is 12.0. The van der Waals surface area contributed by atoms with E-state index in [0.717, 1.165) is 5.39 Å². The van der Waals surface area contributed by atoms with E-state index in [9.17, 15) is 18.0 Å². The van der Waals surface area contributed by atoms with Crippen LogP contribution in [-0.2, 0) is 30.6 Å². The van der Waals surface area contributed by atoms with E-state index in [1.807, 2.05) is 0 Å². The van der Waals surface area contributed by atoms with Crippen molar-refractivity contribution in [2.24, 2.45) is 0 Å². The van der Waals surface area contributed by atoms with Crippen LogP contribution in [-0.4, -0.2) is 51.6 Å². The van der Waals surface area contributed by atoms with Gasteiger partial charge in [0.05, 0.1) is 31.3 Å². The van der Waals surface area contributed by atoms with Crippen LogP contribution in [0.4, 0.5) is 0 Å². The number of fused-ring (bicyclic) bond motifs is 1. The van der Waals surface area contributed by atoms with Crippen LogP contribution < -0.4 is 10.1 Å². The lowest BCUT2D eigenvalue weighted by Gasteiger charge is -2.10. The number of nitrogens with one attached hydrogen (secondary N) is 1. The number of methoxy groups -OCH3 is 1. The number of ether oxygens (including phenoxy) is 2. The van der Waals surface area contributed by atoms with E-state index in [1.165, 1.54) is 6.26 Å². The molecule has 9 heteroatoms. The smallest absolute Gasteiger partial charge is 0.310 e. The number of sulfone groups is 1. The average Bonchev–Trinajstić information content (AvgIpc) is 3.15. The molecular formula is C17H19NO7S. The second-order valence-electron chi connectivity index (χ2n) is 6.13. The summed E-state index contributed by atoms with van der Waals surface area (Å²) < 4.78 is 38.2. The molecule has 1 atom stereocenters. The predicted molar refractivity (Wildman–Crippen MR) is 92.6 cm³/mol. The standard InChI is InChI=1S/C17H19NO7S/c1-23-13-2-3-14-11(8-24-15(14)7-13)6-17(20)25-9-16(19)18-12-4-5-26(21,22)10-12/h2-3,7-8,12H,4-6,9-10H2,1H3,(H,18,19). The quantitative estimate of drug-likeness (QED) is 0.738. The summed E-state index contributed by atoms with van der Waals surface area (Å²) in [5.41, 5.74) is 1.24. The topological polar surface area (TPSA) is 112 Å². The van der Waals surface area contributed by atoms with E-state index in [4.69, 9.17) is 13.9 Å². The summed E-state index contributed by atoms with van der Waals surface area (Å²) in [6.07, 6.45) is 1.81. The van der Waals surface area contributed by atoms with Gasteiger partial charge in [-0.15, -0.1) is 0 Å². The molecule has 2 heterocycles. The van der Waals surface area contributed by atoms with Crippen molar-refractivity contribution in [3.8, 4) is 5.75 Å². The van der Waals surface area contributed by atoms with E-state index in [0.29, 0.717) is 23.3 Å². The van der Waals surface area contributed by atoms with E-state index >= 15 is 0 Å². The maximum atomic E-state index is 12.0. The van der Waals surface area contributed by atoms with Gasteiger partial charge < -0.3 is 19.2 Å². The van der Waals surface area contributed by atoms with Crippen molar-refractivity contribution in [1.29, 1.82) is 0 Å². The van der Waals surface area contributed by atoms with E-state index < -0.39 is 34.4 Å². The van der Waals surface area contributed by atoms with E-state index in [1.54, 1.807) is 25.3 Å². The molecule has 0 spiro atoms. The molecule has 1 saturated heterocycles. The van der Waals surface area contributed by atoms with E-state index in [2.05, 4.69) is 5.32 Å². The zero-order chi connectivity index (χ0) is 18.7. The van der Waals surface area contributed by atoms with Crippen LogP contribution in [0.2, 0.25) is 0 Å². The second kappa shape index (κ2) is 7.36. The van der Waals surface area contributed by atoms with Crippen LogP contribution in [0.5, 0.6) is 5.75 Å². The fourth-order valence-electron chi connectivity index (χ4n) is 2.86. The van der Waals surface area contributed by atoms with Crippen molar-refractivity contribution in [2.45, 2.75) is 18.9 Å². The molecule has 1 aromatic heterocycles. The predicted octanol–water partition coefficient (Wildman–Crippen LogP) is 0.830. The minimum Gasteiger partial charge on any atom is -0.497 e. The third-order valence-electron chi connectivity index (χ3n) is 4.16. The summed E-state index contributed by atoms with van der Waals surface area (Å²) in [6, 6.07) is 4.84. The number of amides is 1. The van der Waals surface area contributed by atoms with E-state index in [-0.39, 0.29) is 17.9 Å². The Balaban J connectivity index is 1.50. The molecular weight excluding hydrogens is 362 g/mol. The fraction of sp³-hybridized carbons (Fsp3) is 0.412. The van der Waals surface area contributed by atoms with Gasteiger partial charge >= 0.3 is 5.97 Å². The first-order chi connectivity index (χ1) is 12.4. The number of furan rings is 1. The first-order valence-corrected chi connectivity index (χ1v) is 9.88. The van der Waals surface area contributed by atoms with Crippen LogP contribution in [0.3, 0.4) is 0 Å². The molecule has 0 aliphatic carbocycles. The normalized spacial score (nSPS) is 18.6. The Morgan fingerprint density at radius 3 is 2.85 bits per heavy atom. The summed E-state index contributed by atoms with van der Waals surface area (Å²) >= 11 is 0. The maximum Gasteiger partial charge on any atom is 0.310 e. The van der Waals surface area contributed by atoms with Gasteiger partial charge in [-0.3, -0.25) is 9.59 Å². The summed E-state index contributed by atoms with van der Waals surface area (Å²) in [6.45, 7) is -0.445. The first kappa shape index (κ1) is 18.2. The van der Waals surface area contributed by atoms with Gasteiger partial charge in [0.2, 0.25) is 0 Å². The van der Waals surface area contributed by atoms with Crippen molar-refractivity contribution in [3.63, 3.8) is 0 Å². The zero-order valence-electron chi connectivity index (χ0n) is 14.2. The lowest BCUT2D eigenvalue weighted by molar-refractivity contribution is -0.148. The summed E-state index contributed by atoms with van der Waals surface area (Å²) in [5, 5.41) is 3.33. The molecule has 1 amide bonds. The minimum atomic E-state index is -3.07. The van der Waals surface area contributed by atoms with Crippen LogP contribution in [0.1, 0.15) is 12.0 Å². The molecule has 0 bridgehead atoms. The van der Waals surface area contributed by atoms with Gasteiger partial charge in [0.15, 0.2) is 16.4 Å². The van der Waals surface area contributed by atoms with Crippen LogP contribution in [0.25, 0.3) is 11.0 Å². The number of hydrogen-bond donors (Lipinski definition) is 1. The second-order valence-corrected chi connectivity index (χ2v) is 8.36. The summed E-state index contributed by atoms with van der Waals surface area (Å²) in [4.78, 5) is 23.7. The minimum absolute atomic E-state index is 0.0373. The third-order valence-corrected chi connectivity index (χ3v) is 5.93. The number of carbonyl (C=O) groups is 2. The van der Waals surface area contributed by atoms with Gasteiger partial charge in [-0.2, -0.15) is 0 Å². The molecule has 8 nitrogen and oxygen atoms in total. The molecule has 2 aromatic rings. The highest BCUT2D eigenvalue weighted by molar-refractivity contribution is 7.91. The Labute approximate surface area is 150 Å². The van der Waals surface area contributed by atoms with Crippen molar-refractivity contribution in [3.05, 3.63) is 30.0 Å². The Morgan fingerprint density at radius 1 is 1.35 bits per heavy atom. The van der Waals surface area contributed by atoms with Gasteiger partial charge in [-0.25, -0.2) is 8.42 Å². The van der Waals surface area contributed by atoms with Gasteiger partial charge in [0, 0.05) is 23.1 Å². The highest BCUT2D eigenvalue weighted by atomic mass is 32.2. The number of benzene rings is 1. The van der Waals surface area contributed by atoms with Crippen LogP contribution in [0.15, 0.2) is 28.9 Å². The molecule has 1 aromatic carbocycles. The molecule has 1 aliphatic rings. The third kappa shape index (κ3) is 4.34. The lowest BCUT2D eigenvalue weighted by atomic mass is 10.1. The highest BCUT2D eigenvalue weighted by Gasteiger charge is 2.29. The molecule has 0 saturated carbocycles. The molecule has 0 radical (unpaired) electrons. The van der Waals surface area contributed by atoms with Crippen molar-refractivity contribution in [1.82, 2.24) is 5.32 Å². The SMILES string of the molecule is COc1ccc2c(CC(=O)OCC(=O)NC3CCS(=O)(=O)C3)coc2c1. The highest BCUT2D eigenvalue weighted by Crippen LogP contribution is 2.26. The Morgan fingerprint density at radius 2 is 2.15 bits per heavy atom. The van der Waals surface area contributed by atoms with Crippen molar-refractivity contribution in [2.75, 3.05) is 25.2 Å². The number of hydrogen-bond acceptors (Lipinski definition) is 7. The number of rotatable bonds is 6. The molecule has 1 fully saturated rings.